The van der Waals surface area contributed by atoms with Crippen LogP contribution in [0.15, 0.2) is 24.3 Å². The van der Waals surface area contributed by atoms with Crippen LogP contribution in [0.25, 0.3) is 0 Å². The number of aryl methyl sites for hydroxylation is 1. The highest BCUT2D eigenvalue weighted by molar-refractivity contribution is 5.77. The van der Waals surface area contributed by atoms with E-state index in [-0.39, 0.29) is 11.9 Å². The molecule has 0 atom stereocenters. The van der Waals surface area contributed by atoms with Crippen LogP contribution in [0, 0.1) is 6.92 Å². The molecule has 0 aliphatic carbocycles. The molecule has 0 saturated carbocycles. The molecule has 110 valence electrons. The maximum absolute atomic E-state index is 11.6. The summed E-state index contributed by atoms with van der Waals surface area (Å²) in [7, 11) is 0. The van der Waals surface area contributed by atoms with Crippen LogP contribution in [0.4, 0.5) is 0 Å². The molecule has 1 N–H and O–H groups in total. The summed E-state index contributed by atoms with van der Waals surface area (Å²) in [5.74, 6) is -0.257. The van der Waals surface area contributed by atoms with E-state index in [1.807, 2.05) is 38.1 Å². The fraction of sp³-hybridized carbons (Fsp3) is 0.500. The van der Waals surface area contributed by atoms with Crippen LogP contribution in [0.1, 0.15) is 43.7 Å². The molecule has 1 rings (SSSR count). The van der Waals surface area contributed by atoms with E-state index in [4.69, 9.17) is 4.74 Å². The average Bonchev–Trinajstić information content (AvgIpc) is 2.44. The van der Waals surface area contributed by atoms with Crippen molar-refractivity contribution in [3.05, 3.63) is 35.4 Å². The summed E-state index contributed by atoms with van der Waals surface area (Å²) in [6, 6.07) is 8.03. The molecule has 0 unspecified atom stereocenters. The molecule has 0 heterocycles. The minimum atomic E-state index is -0.224. The number of benzene rings is 1. The molecule has 0 bridgehead atoms. The Morgan fingerprint density at radius 3 is 2.50 bits per heavy atom. The van der Waals surface area contributed by atoms with Gasteiger partial charge in [0.1, 0.15) is 0 Å². The van der Waals surface area contributed by atoms with E-state index in [0.29, 0.717) is 32.4 Å². The molecule has 4 heteroatoms. The lowest BCUT2D eigenvalue weighted by atomic mass is 10.1. The van der Waals surface area contributed by atoms with Gasteiger partial charge in [-0.2, -0.15) is 0 Å². The molecule has 0 aromatic heterocycles. The quantitative estimate of drug-likeness (QED) is 0.743. The highest BCUT2D eigenvalue weighted by Gasteiger charge is 2.05. The number of carbonyl (C=O) groups is 2. The van der Waals surface area contributed by atoms with Crippen LogP contribution in [0.5, 0.6) is 0 Å². The SMILES string of the molecule is CCCOC(=O)CCCC(=O)NCc1ccc(C)cc1. The lowest BCUT2D eigenvalue weighted by Gasteiger charge is -2.06. The third-order valence-corrected chi connectivity index (χ3v) is 2.86. The Labute approximate surface area is 120 Å². The smallest absolute Gasteiger partial charge is 0.305 e. The van der Waals surface area contributed by atoms with Crippen molar-refractivity contribution >= 4 is 11.9 Å². The van der Waals surface area contributed by atoms with Crippen LogP contribution in [0.2, 0.25) is 0 Å². The van der Waals surface area contributed by atoms with E-state index in [1.165, 1.54) is 5.56 Å². The zero-order valence-electron chi connectivity index (χ0n) is 12.3. The summed E-state index contributed by atoms with van der Waals surface area (Å²) in [6.45, 7) is 4.96. The molecule has 0 aliphatic rings. The number of hydrogen-bond acceptors (Lipinski definition) is 3. The maximum atomic E-state index is 11.6. The minimum Gasteiger partial charge on any atom is -0.466 e. The fourth-order valence-electron chi connectivity index (χ4n) is 1.68. The Morgan fingerprint density at radius 2 is 1.85 bits per heavy atom. The predicted octanol–water partition coefficient (Wildman–Crippen LogP) is 2.73. The maximum Gasteiger partial charge on any atom is 0.305 e. The normalized spacial score (nSPS) is 10.1. The van der Waals surface area contributed by atoms with E-state index in [9.17, 15) is 9.59 Å². The van der Waals surface area contributed by atoms with Gasteiger partial charge in [0.15, 0.2) is 0 Å². The van der Waals surface area contributed by atoms with Gasteiger partial charge in [-0.05, 0) is 25.3 Å². The van der Waals surface area contributed by atoms with Gasteiger partial charge in [0, 0.05) is 19.4 Å². The third-order valence-electron chi connectivity index (χ3n) is 2.86. The zero-order valence-corrected chi connectivity index (χ0v) is 12.3. The first-order valence-corrected chi connectivity index (χ1v) is 7.09. The highest BCUT2D eigenvalue weighted by Crippen LogP contribution is 2.03. The summed E-state index contributed by atoms with van der Waals surface area (Å²) in [5.41, 5.74) is 2.27. The first-order valence-electron chi connectivity index (χ1n) is 7.09. The van der Waals surface area contributed by atoms with Gasteiger partial charge in [0.05, 0.1) is 6.61 Å². The lowest BCUT2D eigenvalue weighted by Crippen LogP contribution is -2.22. The first kappa shape index (κ1) is 16.2. The van der Waals surface area contributed by atoms with Crippen molar-refractivity contribution < 1.29 is 14.3 Å². The Hall–Kier alpha value is -1.84. The molecule has 0 aliphatic heterocycles. The van der Waals surface area contributed by atoms with Crippen molar-refractivity contribution in [2.45, 2.75) is 46.1 Å². The number of esters is 1. The Balaban J connectivity index is 2.14. The Bertz CT molecular complexity index is 426. The van der Waals surface area contributed by atoms with E-state index < -0.39 is 0 Å². The second kappa shape index (κ2) is 9.13. The highest BCUT2D eigenvalue weighted by atomic mass is 16.5. The van der Waals surface area contributed by atoms with Gasteiger partial charge in [-0.1, -0.05) is 36.8 Å². The lowest BCUT2D eigenvalue weighted by molar-refractivity contribution is -0.143. The zero-order chi connectivity index (χ0) is 14.8. The predicted molar refractivity (Wildman–Crippen MR) is 78.1 cm³/mol. The summed E-state index contributed by atoms with van der Waals surface area (Å²) in [4.78, 5) is 22.9. The van der Waals surface area contributed by atoms with Crippen LogP contribution in [0.3, 0.4) is 0 Å². The average molecular weight is 277 g/mol. The number of amides is 1. The van der Waals surface area contributed by atoms with Crippen LogP contribution < -0.4 is 5.32 Å². The van der Waals surface area contributed by atoms with Gasteiger partial charge in [-0.15, -0.1) is 0 Å². The largest absolute Gasteiger partial charge is 0.466 e. The van der Waals surface area contributed by atoms with Gasteiger partial charge >= 0.3 is 5.97 Å². The molecule has 0 saturated heterocycles. The molecular weight excluding hydrogens is 254 g/mol. The van der Waals surface area contributed by atoms with Crippen molar-refractivity contribution in [1.82, 2.24) is 5.32 Å². The van der Waals surface area contributed by atoms with Gasteiger partial charge in [0.25, 0.3) is 0 Å². The van der Waals surface area contributed by atoms with E-state index in [0.717, 1.165) is 12.0 Å². The van der Waals surface area contributed by atoms with E-state index in [1.54, 1.807) is 0 Å². The molecular formula is C16H23NO3. The Morgan fingerprint density at radius 1 is 1.15 bits per heavy atom. The van der Waals surface area contributed by atoms with Crippen LogP contribution in [-0.2, 0) is 20.9 Å². The first-order chi connectivity index (χ1) is 9.61. The number of hydrogen-bond donors (Lipinski definition) is 1. The van der Waals surface area contributed by atoms with E-state index >= 15 is 0 Å². The summed E-state index contributed by atoms with van der Waals surface area (Å²) in [5, 5.41) is 2.84. The summed E-state index contributed by atoms with van der Waals surface area (Å²) < 4.78 is 4.94. The number of rotatable bonds is 8. The molecule has 20 heavy (non-hydrogen) atoms. The van der Waals surface area contributed by atoms with Crippen molar-refractivity contribution in [1.29, 1.82) is 0 Å². The molecule has 0 radical (unpaired) electrons. The van der Waals surface area contributed by atoms with Crippen LogP contribution in [-0.4, -0.2) is 18.5 Å². The second-order valence-corrected chi connectivity index (χ2v) is 4.84. The molecule has 0 fully saturated rings. The molecule has 0 spiro atoms. The molecule has 1 amide bonds. The molecule has 4 nitrogen and oxygen atoms in total. The number of carbonyl (C=O) groups excluding carboxylic acids is 2. The van der Waals surface area contributed by atoms with Crippen LogP contribution >= 0.6 is 0 Å². The number of nitrogens with one attached hydrogen (secondary N) is 1. The van der Waals surface area contributed by atoms with Gasteiger partial charge in [-0.25, -0.2) is 0 Å². The van der Waals surface area contributed by atoms with Crippen molar-refractivity contribution in [3.8, 4) is 0 Å². The summed E-state index contributed by atoms with van der Waals surface area (Å²) >= 11 is 0. The monoisotopic (exact) mass is 277 g/mol. The van der Waals surface area contributed by atoms with Gasteiger partial charge in [-0.3, -0.25) is 9.59 Å². The van der Waals surface area contributed by atoms with Crippen molar-refractivity contribution in [2.24, 2.45) is 0 Å². The van der Waals surface area contributed by atoms with Gasteiger partial charge < -0.3 is 10.1 Å². The number of ether oxygens (including phenoxy) is 1. The third kappa shape index (κ3) is 6.92. The minimum absolute atomic E-state index is 0.0335. The van der Waals surface area contributed by atoms with Crippen molar-refractivity contribution in [3.63, 3.8) is 0 Å². The summed E-state index contributed by atoms with van der Waals surface area (Å²) in [6.07, 6.45) is 2.01. The van der Waals surface area contributed by atoms with Crippen molar-refractivity contribution in [2.75, 3.05) is 6.61 Å². The fourth-order valence-corrected chi connectivity index (χ4v) is 1.68. The second-order valence-electron chi connectivity index (χ2n) is 4.84. The standard InChI is InChI=1S/C16H23NO3/c1-3-11-20-16(19)6-4-5-15(18)17-12-14-9-7-13(2)8-10-14/h7-10H,3-6,11-12H2,1-2H3,(H,17,18). The topological polar surface area (TPSA) is 55.4 Å². The molecule has 1 aromatic rings. The molecule has 1 aromatic carbocycles. The van der Waals surface area contributed by atoms with Gasteiger partial charge in [0.2, 0.25) is 5.91 Å². The van der Waals surface area contributed by atoms with E-state index in [2.05, 4.69) is 5.32 Å². The Kier molecular flexibility index (Phi) is 7.40.